The minimum Gasteiger partial charge on any atom is -0.316 e. The predicted octanol–water partition coefficient (Wildman–Crippen LogP) is 4.06. The Morgan fingerprint density at radius 3 is 2.48 bits per heavy atom. The molecule has 148 valence electrons. The van der Waals surface area contributed by atoms with Gasteiger partial charge in [-0.25, -0.2) is 9.37 Å². The van der Waals surface area contributed by atoms with Gasteiger partial charge in [0.05, 0.1) is 16.8 Å². The Kier molecular flexibility index (Phi) is 6.94. The van der Waals surface area contributed by atoms with Gasteiger partial charge in [-0.2, -0.15) is 4.68 Å². The van der Waals surface area contributed by atoms with Crippen molar-refractivity contribution in [3.8, 4) is 16.4 Å². The van der Waals surface area contributed by atoms with Gasteiger partial charge in [-0.15, -0.1) is 5.10 Å². The number of aldehydes is 1. The molecule has 0 saturated carbocycles. The Balaban J connectivity index is 0.000000224. The SMILES string of the molecule is CNCc1ccccc1.Cc1nc(-n2cc(-c3ccc(F)cc3)nn2)sc1C=O. The molecule has 0 unspecified atom stereocenters. The molecule has 2 aromatic carbocycles. The van der Waals surface area contributed by atoms with E-state index in [2.05, 4.69) is 32.7 Å². The van der Waals surface area contributed by atoms with Crippen molar-refractivity contribution in [2.75, 3.05) is 7.05 Å². The molecule has 0 aliphatic carbocycles. The van der Waals surface area contributed by atoms with Gasteiger partial charge in [-0.05, 0) is 43.8 Å². The molecule has 2 heterocycles. The van der Waals surface area contributed by atoms with E-state index in [9.17, 15) is 9.18 Å². The topological polar surface area (TPSA) is 72.7 Å². The van der Waals surface area contributed by atoms with Gasteiger partial charge < -0.3 is 5.32 Å². The first-order chi connectivity index (χ1) is 14.1. The maximum atomic E-state index is 12.9. The van der Waals surface area contributed by atoms with E-state index in [1.807, 2.05) is 25.2 Å². The van der Waals surface area contributed by atoms with E-state index in [1.54, 1.807) is 25.3 Å². The van der Waals surface area contributed by atoms with Gasteiger partial charge in [0.2, 0.25) is 5.13 Å². The van der Waals surface area contributed by atoms with Crippen LogP contribution in [-0.2, 0) is 6.54 Å². The number of aryl methyl sites for hydroxylation is 1. The third-order valence-electron chi connectivity index (χ3n) is 3.98. The van der Waals surface area contributed by atoms with E-state index in [-0.39, 0.29) is 5.82 Å². The first kappa shape index (κ1) is 20.5. The van der Waals surface area contributed by atoms with Crippen molar-refractivity contribution in [2.45, 2.75) is 13.5 Å². The lowest BCUT2D eigenvalue weighted by Gasteiger charge is -1.95. The first-order valence-electron chi connectivity index (χ1n) is 8.90. The first-order valence-corrected chi connectivity index (χ1v) is 9.72. The molecule has 2 aromatic heterocycles. The number of nitrogens with one attached hydrogen (secondary N) is 1. The molecule has 4 rings (SSSR count). The van der Waals surface area contributed by atoms with Crippen LogP contribution in [0.4, 0.5) is 4.39 Å². The van der Waals surface area contributed by atoms with Crippen LogP contribution in [0.2, 0.25) is 0 Å². The molecule has 6 nitrogen and oxygen atoms in total. The van der Waals surface area contributed by atoms with Crippen LogP contribution in [0.3, 0.4) is 0 Å². The summed E-state index contributed by atoms with van der Waals surface area (Å²) in [5, 5.41) is 11.7. The number of rotatable bonds is 5. The summed E-state index contributed by atoms with van der Waals surface area (Å²) in [5.74, 6) is -0.299. The van der Waals surface area contributed by atoms with Crippen LogP contribution < -0.4 is 5.32 Å². The Bertz CT molecular complexity index is 1060. The summed E-state index contributed by atoms with van der Waals surface area (Å²) in [7, 11) is 1.95. The highest BCUT2D eigenvalue weighted by Gasteiger charge is 2.11. The van der Waals surface area contributed by atoms with E-state index in [1.165, 1.54) is 33.7 Å². The summed E-state index contributed by atoms with van der Waals surface area (Å²) in [6.07, 6.45) is 2.47. The highest BCUT2D eigenvalue weighted by atomic mass is 32.1. The molecule has 0 radical (unpaired) electrons. The van der Waals surface area contributed by atoms with Crippen LogP contribution in [-0.4, -0.2) is 33.3 Å². The van der Waals surface area contributed by atoms with Gasteiger partial charge in [0.15, 0.2) is 6.29 Å². The highest BCUT2D eigenvalue weighted by Crippen LogP contribution is 2.22. The van der Waals surface area contributed by atoms with E-state index in [4.69, 9.17) is 0 Å². The van der Waals surface area contributed by atoms with Crippen molar-refractivity contribution in [3.05, 3.63) is 82.7 Å². The van der Waals surface area contributed by atoms with Crippen molar-refractivity contribution in [2.24, 2.45) is 0 Å². The number of hydrogen-bond acceptors (Lipinski definition) is 6. The average Bonchev–Trinajstić information content (AvgIpc) is 3.37. The van der Waals surface area contributed by atoms with Gasteiger partial charge in [-0.1, -0.05) is 46.9 Å². The largest absolute Gasteiger partial charge is 0.316 e. The number of carbonyl (C=O) groups is 1. The number of aromatic nitrogens is 4. The lowest BCUT2D eigenvalue weighted by molar-refractivity contribution is 0.112. The Morgan fingerprint density at radius 2 is 1.86 bits per heavy atom. The molecule has 8 heteroatoms. The zero-order chi connectivity index (χ0) is 20.6. The highest BCUT2D eigenvalue weighted by molar-refractivity contribution is 7.15. The third-order valence-corrected chi connectivity index (χ3v) is 5.05. The fraction of sp³-hybridized carbons (Fsp3) is 0.143. The monoisotopic (exact) mass is 409 g/mol. The van der Waals surface area contributed by atoms with Crippen LogP contribution in [0.15, 0.2) is 60.8 Å². The van der Waals surface area contributed by atoms with E-state index >= 15 is 0 Å². The molecular weight excluding hydrogens is 389 g/mol. The smallest absolute Gasteiger partial charge is 0.212 e. The normalized spacial score (nSPS) is 10.3. The molecule has 0 amide bonds. The summed E-state index contributed by atoms with van der Waals surface area (Å²) in [4.78, 5) is 15.6. The van der Waals surface area contributed by atoms with Gasteiger partial charge in [-0.3, -0.25) is 4.79 Å². The molecule has 0 atom stereocenters. The second kappa shape index (κ2) is 9.81. The average molecular weight is 409 g/mol. The van der Waals surface area contributed by atoms with Crippen LogP contribution in [0, 0.1) is 12.7 Å². The lowest BCUT2D eigenvalue weighted by Crippen LogP contribution is -2.04. The predicted molar refractivity (Wildman–Crippen MR) is 112 cm³/mol. The summed E-state index contributed by atoms with van der Waals surface area (Å²) >= 11 is 1.24. The third kappa shape index (κ3) is 5.40. The Labute approximate surface area is 172 Å². The number of benzene rings is 2. The summed E-state index contributed by atoms with van der Waals surface area (Å²) < 4.78 is 14.4. The maximum Gasteiger partial charge on any atom is 0.212 e. The van der Waals surface area contributed by atoms with Crippen molar-refractivity contribution in [1.29, 1.82) is 0 Å². The molecule has 1 N–H and O–H groups in total. The molecule has 0 aliphatic rings. The summed E-state index contributed by atoms with van der Waals surface area (Å²) in [5.41, 5.74) is 3.38. The Hall–Kier alpha value is -3.23. The van der Waals surface area contributed by atoms with Crippen molar-refractivity contribution >= 4 is 17.6 Å². The fourth-order valence-corrected chi connectivity index (χ4v) is 3.31. The molecule has 0 bridgehead atoms. The van der Waals surface area contributed by atoms with Gasteiger partial charge in [0, 0.05) is 12.1 Å². The van der Waals surface area contributed by atoms with Gasteiger partial charge >= 0.3 is 0 Å². The van der Waals surface area contributed by atoms with Gasteiger partial charge in [0.25, 0.3) is 0 Å². The van der Waals surface area contributed by atoms with Crippen LogP contribution in [0.25, 0.3) is 16.4 Å². The quantitative estimate of drug-likeness (QED) is 0.503. The molecule has 0 aliphatic heterocycles. The van der Waals surface area contributed by atoms with Crippen LogP contribution >= 0.6 is 11.3 Å². The molecule has 4 aromatic rings. The number of halogens is 1. The summed E-state index contributed by atoms with van der Waals surface area (Å²) in [6.45, 7) is 2.72. The minimum absolute atomic E-state index is 0.299. The van der Waals surface area contributed by atoms with Crippen LogP contribution in [0.1, 0.15) is 20.9 Å². The zero-order valence-electron chi connectivity index (χ0n) is 16.0. The van der Waals surface area contributed by atoms with Crippen molar-refractivity contribution in [3.63, 3.8) is 0 Å². The second-order valence-electron chi connectivity index (χ2n) is 6.14. The molecule has 0 fully saturated rings. The Morgan fingerprint density at radius 1 is 1.14 bits per heavy atom. The number of nitrogens with zero attached hydrogens (tertiary/aromatic N) is 4. The fourth-order valence-electron chi connectivity index (χ4n) is 2.51. The van der Waals surface area contributed by atoms with E-state index in [0.29, 0.717) is 21.4 Å². The maximum absolute atomic E-state index is 12.9. The van der Waals surface area contributed by atoms with E-state index < -0.39 is 0 Å². The number of carbonyl (C=O) groups excluding carboxylic acids is 1. The molecule has 0 spiro atoms. The standard InChI is InChI=1S/C13H9FN4OS.C8H11N/c1-8-12(7-19)20-13(15-8)18-6-11(16-17-18)9-2-4-10(14)5-3-9;1-9-7-8-5-3-2-4-6-8/h2-7H,1H3;2-6,9H,7H2,1H3. The summed E-state index contributed by atoms with van der Waals surface area (Å²) in [6, 6.07) is 16.3. The van der Waals surface area contributed by atoms with Crippen LogP contribution in [0.5, 0.6) is 0 Å². The number of thiazole rings is 1. The minimum atomic E-state index is -0.299. The number of hydrogen-bond donors (Lipinski definition) is 1. The zero-order valence-corrected chi connectivity index (χ0v) is 16.9. The van der Waals surface area contributed by atoms with Crippen molar-refractivity contribution in [1.82, 2.24) is 25.3 Å². The van der Waals surface area contributed by atoms with E-state index in [0.717, 1.165) is 18.4 Å². The molecule has 29 heavy (non-hydrogen) atoms. The second-order valence-corrected chi connectivity index (χ2v) is 7.14. The van der Waals surface area contributed by atoms with Gasteiger partial charge in [0.1, 0.15) is 11.5 Å². The molecule has 0 saturated heterocycles. The molecular formula is C21H20FN5OS. The lowest BCUT2D eigenvalue weighted by atomic mass is 10.2. The van der Waals surface area contributed by atoms with Crippen molar-refractivity contribution < 1.29 is 9.18 Å².